The monoisotopic (exact) mass is 538 g/mol. The molecule has 1 heterocycles. The number of nitrogens with one attached hydrogen (secondary N) is 1. The molecule has 0 radical (unpaired) electrons. The number of halogens is 2. The van der Waals surface area contributed by atoms with Crippen molar-refractivity contribution in [2.45, 2.75) is 6.92 Å². The van der Waals surface area contributed by atoms with Crippen LogP contribution in [0.2, 0.25) is 5.02 Å². The van der Waals surface area contributed by atoms with Crippen LogP contribution in [0.5, 0.6) is 5.75 Å². The normalized spacial score (nSPS) is 14.9. The molecule has 4 amide bonds. The topological polar surface area (TPSA) is 92.8 Å². The summed E-state index contributed by atoms with van der Waals surface area (Å²) in [6.45, 7) is 1.90. The SMILES string of the molecule is Cc1ccc(C(=O)Oc2ccc(Br)cc2/C=C2/C(=O)NC(=O)N(c3ccc(Cl)cc3)C2=O)cc1. The van der Waals surface area contributed by atoms with Crippen LogP contribution in [0.25, 0.3) is 6.08 Å². The fourth-order valence-corrected chi connectivity index (χ4v) is 3.72. The molecular formula is C25H16BrClN2O5. The molecule has 1 saturated heterocycles. The first-order valence-electron chi connectivity index (χ1n) is 9.98. The molecule has 0 atom stereocenters. The number of carbonyl (C=O) groups is 4. The van der Waals surface area contributed by atoms with Gasteiger partial charge in [-0.1, -0.05) is 45.2 Å². The predicted molar refractivity (Wildman–Crippen MR) is 131 cm³/mol. The number of benzene rings is 3. The Bertz CT molecular complexity index is 1350. The second kappa shape index (κ2) is 9.62. The smallest absolute Gasteiger partial charge is 0.343 e. The van der Waals surface area contributed by atoms with Crippen molar-refractivity contribution in [1.29, 1.82) is 0 Å². The van der Waals surface area contributed by atoms with E-state index in [2.05, 4.69) is 21.2 Å². The lowest BCUT2D eigenvalue weighted by Crippen LogP contribution is -2.54. The second-order valence-electron chi connectivity index (χ2n) is 7.37. The van der Waals surface area contributed by atoms with Crippen molar-refractivity contribution in [2.24, 2.45) is 0 Å². The van der Waals surface area contributed by atoms with Gasteiger partial charge in [0.2, 0.25) is 0 Å². The molecule has 0 saturated carbocycles. The summed E-state index contributed by atoms with van der Waals surface area (Å²) in [6.07, 6.45) is 1.27. The van der Waals surface area contributed by atoms with Gasteiger partial charge in [-0.15, -0.1) is 0 Å². The number of rotatable bonds is 4. The van der Waals surface area contributed by atoms with E-state index in [1.54, 1.807) is 36.4 Å². The number of anilines is 1. The van der Waals surface area contributed by atoms with Gasteiger partial charge in [-0.05, 0) is 67.6 Å². The van der Waals surface area contributed by atoms with Crippen LogP contribution < -0.4 is 15.0 Å². The van der Waals surface area contributed by atoms with Gasteiger partial charge in [0, 0.05) is 15.1 Å². The summed E-state index contributed by atoms with van der Waals surface area (Å²) in [4.78, 5) is 51.5. The van der Waals surface area contributed by atoms with Crippen molar-refractivity contribution in [1.82, 2.24) is 5.32 Å². The highest BCUT2D eigenvalue weighted by Gasteiger charge is 2.37. The van der Waals surface area contributed by atoms with Crippen molar-refractivity contribution < 1.29 is 23.9 Å². The molecule has 0 bridgehead atoms. The number of barbiturate groups is 1. The Kier molecular flexibility index (Phi) is 6.63. The van der Waals surface area contributed by atoms with E-state index in [0.717, 1.165) is 10.5 Å². The minimum absolute atomic E-state index is 0.136. The van der Waals surface area contributed by atoms with E-state index in [9.17, 15) is 19.2 Å². The molecule has 0 unspecified atom stereocenters. The molecule has 0 spiro atoms. The second-order valence-corrected chi connectivity index (χ2v) is 8.72. The quantitative estimate of drug-likeness (QED) is 0.210. The first-order chi connectivity index (χ1) is 16.2. The number of imide groups is 2. The number of amides is 4. The van der Waals surface area contributed by atoms with Crippen LogP contribution in [-0.2, 0) is 9.59 Å². The number of urea groups is 1. The van der Waals surface area contributed by atoms with E-state index in [-0.39, 0.29) is 17.0 Å². The van der Waals surface area contributed by atoms with Crippen LogP contribution in [0.15, 0.2) is 76.8 Å². The summed E-state index contributed by atoms with van der Waals surface area (Å²) in [5.74, 6) is -2.15. The van der Waals surface area contributed by atoms with Crippen molar-refractivity contribution in [3.05, 3.63) is 98.5 Å². The molecule has 0 aliphatic carbocycles. The molecule has 0 aromatic heterocycles. The number of aryl methyl sites for hydroxylation is 1. The average Bonchev–Trinajstić information content (AvgIpc) is 2.80. The maximum absolute atomic E-state index is 13.1. The molecular weight excluding hydrogens is 524 g/mol. The van der Waals surface area contributed by atoms with Crippen molar-refractivity contribution in [3.8, 4) is 5.75 Å². The van der Waals surface area contributed by atoms with Crippen LogP contribution in [0, 0.1) is 6.92 Å². The summed E-state index contributed by atoms with van der Waals surface area (Å²) in [6, 6.07) is 16.8. The average molecular weight is 540 g/mol. The summed E-state index contributed by atoms with van der Waals surface area (Å²) in [5.41, 5.74) is 1.56. The van der Waals surface area contributed by atoms with Gasteiger partial charge >= 0.3 is 12.0 Å². The number of esters is 1. The van der Waals surface area contributed by atoms with Gasteiger partial charge in [-0.2, -0.15) is 0 Å². The maximum Gasteiger partial charge on any atom is 0.343 e. The van der Waals surface area contributed by atoms with E-state index in [1.165, 1.54) is 36.4 Å². The first kappa shape index (κ1) is 23.4. The molecule has 3 aromatic carbocycles. The van der Waals surface area contributed by atoms with Gasteiger partial charge in [0.25, 0.3) is 11.8 Å². The van der Waals surface area contributed by atoms with Crippen LogP contribution in [0.4, 0.5) is 10.5 Å². The maximum atomic E-state index is 13.1. The Labute approximate surface area is 208 Å². The standard InChI is InChI=1S/C25H16BrClN2O5/c1-14-2-4-15(5-3-14)24(32)34-21-11-6-17(26)12-16(21)13-20-22(30)28-25(33)29(23(20)31)19-9-7-18(27)8-10-19/h2-13H,1H3,(H,28,30,33)/b20-13-. The molecule has 170 valence electrons. The lowest BCUT2D eigenvalue weighted by Gasteiger charge is -2.26. The van der Waals surface area contributed by atoms with Gasteiger partial charge in [-0.25, -0.2) is 14.5 Å². The lowest BCUT2D eigenvalue weighted by atomic mass is 10.1. The summed E-state index contributed by atoms with van der Waals surface area (Å²) in [5, 5.41) is 2.58. The molecule has 1 N–H and O–H groups in total. The van der Waals surface area contributed by atoms with E-state index >= 15 is 0 Å². The van der Waals surface area contributed by atoms with Crippen molar-refractivity contribution >= 4 is 63.1 Å². The molecule has 9 heteroatoms. The van der Waals surface area contributed by atoms with Gasteiger partial charge in [-0.3, -0.25) is 14.9 Å². The van der Waals surface area contributed by atoms with Gasteiger partial charge in [0.1, 0.15) is 11.3 Å². The third-order valence-electron chi connectivity index (χ3n) is 4.95. The Morgan fingerprint density at radius 2 is 1.68 bits per heavy atom. The Morgan fingerprint density at radius 1 is 1.00 bits per heavy atom. The zero-order chi connectivity index (χ0) is 24.4. The molecule has 1 aliphatic rings. The van der Waals surface area contributed by atoms with E-state index < -0.39 is 23.8 Å². The molecule has 1 aliphatic heterocycles. The zero-order valence-corrected chi connectivity index (χ0v) is 20.0. The number of nitrogens with zero attached hydrogens (tertiary/aromatic N) is 1. The zero-order valence-electron chi connectivity index (χ0n) is 17.7. The highest BCUT2D eigenvalue weighted by Crippen LogP contribution is 2.29. The van der Waals surface area contributed by atoms with Gasteiger partial charge in [0.15, 0.2) is 0 Å². The fourth-order valence-electron chi connectivity index (χ4n) is 3.21. The van der Waals surface area contributed by atoms with Crippen LogP contribution in [-0.4, -0.2) is 23.8 Å². The van der Waals surface area contributed by atoms with Crippen LogP contribution >= 0.6 is 27.5 Å². The number of ether oxygens (including phenoxy) is 1. The minimum Gasteiger partial charge on any atom is -0.422 e. The Balaban J connectivity index is 1.70. The highest BCUT2D eigenvalue weighted by molar-refractivity contribution is 9.10. The van der Waals surface area contributed by atoms with Crippen LogP contribution in [0.1, 0.15) is 21.5 Å². The summed E-state index contributed by atoms with van der Waals surface area (Å²) in [7, 11) is 0. The van der Waals surface area contributed by atoms with Crippen molar-refractivity contribution in [2.75, 3.05) is 4.90 Å². The van der Waals surface area contributed by atoms with Gasteiger partial charge < -0.3 is 4.74 Å². The van der Waals surface area contributed by atoms with E-state index in [0.29, 0.717) is 20.6 Å². The first-order valence-corrected chi connectivity index (χ1v) is 11.2. The Morgan fingerprint density at radius 3 is 2.35 bits per heavy atom. The summed E-state index contributed by atoms with van der Waals surface area (Å²) >= 11 is 9.24. The van der Waals surface area contributed by atoms with E-state index in [1.807, 2.05) is 6.92 Å². The van der Waals surface area contributed by atoms with E-state index in [4.69, 9.17) is 16.3 Å². The number of hydrogen-bond donors (Lipinski definition) is 1. The fraction of sp³-hybridized carbons (Fsp3) is 0.0400. The molecule has 7 nitrogen and oxygen atoms in total. The highest BCUT2D eigenvalue weighted by atomic mass is 79.9. The molecule has 34 heavy (non-hydrogen) atoms. The predicted octanol–water partition coefficient (Wildman–Crippen LogP) is 5.30. The number of carbonyl (C=O) groups excluding carboxylic acids is 4. The Hall–Kier alpha value is -3.75. The molecule has 1 fully saturated rings. The third kappa shape index (κ3) is 4.93. The molecule has 4 rings (SSSR count). The lowest BCUT2D eigenvalue weighted by molar-refractivity contribution is -0.122. The largest absolute Gasteiger partial charge is 0.422 e. The third-order valence-corrected chi connectivity index (χ3v) is 5.69. The number of hydrogen-bond acceptors (Lipinski definition) is 5. The molecule has 3 aromatic rings. The van der Waals surface area contributed by atoms with Crippen LogP contribution in [0.3, 0.4) is 0 Å². The van der Waals surface area contributed by atoms with Gasteiger partial charge in [0.05, 0.1) is 11.3 Å². The summed E-state index contributed by atoms with van der Waals surface area (Å²) < 4.78 is 6.17. The van der Waals surface area contributed by atoms with Crippen molar-refractivity contribution in [3.63, 3.8) is 0 Å². The minimum atomic E-state index is -0.880.